The van der Waals surface area contributed by atoms with Crippen LogP contribution in [0.15, 0.2) is 30.3 Å². The summed E-state index contributed by atoms with van der Waals surface area (Å²) in [7, 11) is -3.32. The van der Waals surface area contributed by atoms with Crippen molar-refractivity contribution in [1.82, 2.24) is 9.80 Å². The number of halogens is 1. The molecule has 1 fully saturated rings. The molecule has 1 aromatic carbocycles. The fourth-order valence-corrected chi connectivity index (χ4v) is 6.58. The standard InChI is InChI=1S/C20H24ClN3O3S2/c1-14-11-16-12-15(3-5-18(16)24(14)29(2,26)27)20(25)23-9-7-22(8-10-23)13-17-4-6-19(21)28-17/h3-6,12,14H,7-11,13H2,1-2H3. The lowest BCUT2D eigenvalue weighted by atomic mass is 10.1. The molecule has 9 heteroatoms. The Hall–Kier alpha value is -1.61. The number of piperazine rings is 1. The van der Waals surface area contributed by atoms with Gasteiger partial charge in [-0.25, -0.2) is 8.42 Å². The van der Waals surface area contributed by atoms with E-state index in [4.69, 9.17) is 11.6 Å². The minimum absolute atomic E-state index is 0.0112. The molecule has 3 heterocycles. The molecular weight excluding hydrogens is 430 g/mol. The second-order valence-electron chi connectivity index (χ2n) is 7.73. The monoisotopic (exact) mass is 453 g/mol. The summed E-state index contributed by atoms with van der Waals surface area (Å²) in [6, 6.07) is 9.22. The van der Waals surface area contributed by atoms with E-state index >= 15 is 0 Å². The number of sulfonamides is 1. The molecule has 2 aliphatic rings. The Bertz CT molecular complexity index is 1030. The Morgan fingerprint density at radius 2 is 1.90 bits per heavy atom. The van der Waals surface area contributed by atoms with Gasteiger partial charge in [-0.2, -0.15) is 0 Å². The van der Waals surface area contributed by atoms with Gasteiger partial charge in [-0.1, -0.05) is 11.6 Å². The SMILES string of the molecule is CC1Cc2cc(C(=O)N3CCN(Cc4ccc(Cl)s4)CC3)ccc2N1S(C)(=O)=O. The van der Waals surface area contributed by atoms with Crippen LogP contribution in [0.25, 0.3) is 0 Å². The van der Waals surface area contributed by atoms with Crippen LogP contribution in [0.1, 0.15) is 27.7 Å². The number of carbonyl (C=O) groups is 1. The Morgan fingerprint density at radius 3 is 2.52 bits per heavy atom. The number of rotatable bonds is 4. The summed E-state index contributed by atoms with van der Waals surface area (Å²) < 4.78 is 26.4. The van der Waals surface area contributed by atoms with Crippen LogP contribution in [0.3, 0.4) is 0 Å². The number of fused-ring (bicyclic) bond motifs is 1. The van der Waals surface area contributed by atoms with Crippen molar-refractivity contribution in [2.75, 3.05) is 36.7 Å². The summed E-state index contributed by atoms with van der Waals surface area (Å²) in [4.78, 5) is 18.4. The lowest BCUT2D eigenvalue weighted by molar-refractivity contribution is 0.0629. The van der Waals surface area contributed by atoms with Crippen LogP contribution in [0.4, 0.5) is 5.69 Å². The molecule has 1 atom stereocenters. The van der Waals surface area contributed by atoms with Crippen molar-refractivity contribution in [2.45, 2.75) is 25.9 Å². The second kappa shape index (κ2) is 7.91. The van der Waals surface area contributed by atoms with Gasteiger partial charge in [0.1, 0.15) is 0 Å². The molecule has 0 bridgehead atoms. The van der Waals surface area contributed by atoms with Gasteiger partial charge in [-0.3, -0.25) is 14.0 Å². The summed E-state index contributed by atoms with van der Waals surface area (Å²) in [5.74, 6) is 0.0112. The maximum Gasteiger partial charge on any atom is 0.253 e. The number of nitrogens with zero attached hydrogens (tertiary/aromatic N) is 3. The summed E-state index contributed by atoms with van der Waals surface area (Å²) >= 11 is 7.60. The highest BCUT2D eigenvalue weighted by atomic mass is 35.5. The van der Waals surface area contributed by atoms with E-state index in [0.717, 1.165) is 29.5 Å². The minimum Gasteiger partial charge on any atom is -0.336 e. The second-order valence-corrected chi connectivity index (χ2v) is 11.4. The summed E-state index contributed by atoms with van der Waals surface area (Å²) in [6.07, 6.45) is 1.85. The Balaban J connectivity index is 1.42. The summed E-state index contributed by atoms with van der Waals surface area (Å²) in [5, 5.41) is 0. The molecule has 2 aromatic rings. The first-order valence-electron chi connectivity index (χ1n) is 9.60. The van der Waals surface area contributed by atoms with E-state index in [2.05, 4.69) is 11.0 Å². The number of anilines is 1. The van der Waals surface area contributed by atoms with Crippen LogP contribution in [-0.4, -0.2) is 62.6 Å². The number of carbonyl (C=O) groups excluding carboxylic acids is 1. The van der Waals surface area contributed by atoms with Gasteiger partial charge >= 0.3 is 0 Å². The zero-order valence-corrected chi connectivity index (χ0v) is 18.9. The first kappa shape index (κ1) is 20.7. The maximum absolute atomic E-state index is 13.0. The van der Waals surface area contributed by atoms with Gasteiger partial charge in [-0.15, -0.1) is 11.3 Å². The lowest BCUT2D eigenvalue weighted by Gasteiger charge is -2.34. The number of hydrogen-bond acceptors (Lipinski definition) is 5. The van der Waals surface area contributed by atoms with Crippen LogP contribution >= 0.6 is 22.9 Å². The van der Waals surface area contributed by atoms with E-state index < -0.39 is 10.0 Å². The summed E-state index contributed by atoms with van der Waals surface area (Å²) in [6.45, 7) is 5.76. The summed E-state index contributed by atoms with van der Waals surface area (Å²) in [5.41, 5.74) is 2.24. The first-order valence-corrected chi connectivity index (χ1v) is 12.6. The van der Waals surface area contributed by atoms with Crippen molar-refractivity contribution in [1.29, 1.82) is 0 Å². The molecule has 29 heavy (non-hydrogen) atoms. The third-order valence-electron chi connectivity index (χ3n) is 5.50. The van der Waals surface area contributed by atoms with Gasteiger partial charge in [0, 0.05) is 49.2 Å². The normalized spacial score (nSPS) is 20.2. The Morgan fingerprint density at radius 1 is 1.17 bits per heavy atom. The number of thiophene rings is 1. The molecule has 1 aromatic heterocycles. The molecule has 156 valence electrons. The van der Waals surface area contributed by atoms with Crippen LogP contribution in [0.2, 0.25) is 4.34 Å². The van der Waals surface area contributed by atoms with Gasteiger partial charge < -0.3 is 4.90 Å². The Labute approximate surface area is 180 Å². The molecule has 4 rings (SSSR count). The molecule has 1 amide bonds. The molecule has 2 aliphatic heterocycles. The highest BCUT2D eigenvalue weighted by molar-refractivity contribution is 7.92. The third-order valence-corrected chi connectivity index (χ3v) is 7.99. The predicted molar refractivity (Wildman–Crippen MR) is 117 cm³/mol. The van der Waals surface area contributed by atoms with Crippen LogP contribution < -0.4 is 4.31 Å². The Kier molecular flexibility index (Phi) is 5.63. The average Bonchev–Trinajstić information content (AvgIpc) is 3.22. The zero-order valence-electron chi connectivity index (χ0n) is 16.5. The van der Waals surface area contributed by atoms with Crippen molar-refractivity contribution in [3.8, 4) is 0 Å². The topological polar surface area (TPSA) is 60.9 Å². The van der Waals surface area contributed by atoms with E-state index in [9.17, 15) is 13.2 Å². The molecule has 1 unspecified atom stereocenters. The lowest BCUT2D eigenvalue weighted by Crippen LogP contribution is -2.48. The van der Waals surface area contributed by atoms with Gasteiger partial charge in [0.2, 0.25) is 10.0 Å². The molecule has 0 radical (unpaired) electrons. The first-order chi connectivity index (χ1) is 13.7. The molecule has 0 saturated carbocycles. The number of hydrogen-bond donors (Lipinski definition) is 0. The average molecular weight is 454 g/mol. The highest BCUT2D eigenvalue weighted by Gasteiger charge is 2.33. The fraction of sp³-hybridized carbons (Fsp3) is 0.450. The van der Waals surface area contributed by atoms with Crippen molar-refractivity contribution in [3.63, 3.8) is 0 Å². The zero-order chi connectivity index (χ0) is 20.8. The quantitative estimate of drug-likeness (QED) is 0.713. The van der Waals surface area contributed by atoms with E-state index in [1.165, 1.54) is 15.4 Å². The number of amides is 1. The molecule has 6 nitrogen and oxygen atoms in total. The van der Waals surface area contributed by atoms with E-state index in [1.807, 2.05) is 24.0 Å². The molecular formula is C20H24ClN3O3S2. The van der Waals surface area contributed by atoms with Gasteiger partial charge in [0.25, 0.3) is 5.91 Å². The van der Waals surface area contributed by atoms with Gasteiger partial charge in [0.05, 0.1) is 16.3 Å². The molecule has 0 spiro atoms. The maximum atomic E-state index is 13.0. The van der Waals surface area contributed by atoms with Crippen molar-refractivity contribution in [3.05, 3.63) is 50.7 Å². The van der Waals surface area contributed by atoms with Crippen LogP contribution in [-0.2, 0) is 23.0 Å². The van der Waals surface area contributed by atoms with E-state index in [-0.39, 0.29) is 11.9 Å². The van der Waals surface area contributed by atoms with Gasteiger partial charge in [-0.05, 0) is 49.2 Å². The van der Waals surface area contributed by atoms with Crippen molar-refractivity contribution >= 4 is 44.6 Å². The van der Waals surface area contributed by atoms with Crippen LogP contribution in [0.5, 0.6) is 0 Å². The molecule has 1 saturated heterocycles. The minimum atomic E-state index is -3.32. The van der Waals surface area contributed by atoms with E-state index in [0.29, 0.717) is 30.8 Å². The van der Waals surface area contributed by atoms with Crippen LogP contribution in [0, 0.1) is 0 Å². The highest BCUT2D eigenvalue weighted by Crippen LogP contribution is 2.35. The fourth-order valence-electron chi connectivity index (χ4n) is 4.19. The van der Waals surface area contributed by atoms with Crippen molar-refractivity contribution in [2.24, 2.45) is 0 Å². The predicted octanol–water partition coefficient (Wildman–Crippen LogP) is 3.07. The largest absolute Gasteiger partial charge is 0.336 e. The molecule has 0 aliphatic carbocycles. The smallest absolute Gasteiger partial charge is 0.253 e. The number of benzene rings is 1. The van der Waals surface area contributed by atoms with Crippen molar-refractivity contribution < 1.29 is 13.2 Å². The van der Waals surface area contributed by atoms with E-state index in [1.54, 1.807) is 23.5 Å². The molecule has 0 N–H and O–H groups in total. The van der Waals surface area contributed by atoms with Gasteiger partial charge in [0.15, 0.2) is 0 Å². The third kappa shape index (κ3) is 4.30.